The molecule has 0 aromatic heterocycles. The van der Waals surface area contributed by atoms with E-state index in [1.165, 1.54) is 57.2 Å². The van der Waals surface area contributed by atoms with E-state index in [0.29, 0.717) is 6.04 Å². The molecule has 0 aromatic carbocycles. The first-order chi connectivity index (χ1) is 7.85. The Balaban J connectivity index is 1.70. The zero-order valence-electron chi connectivity index (χ0n) is 10.5. The van der Waals surface area contributed by atoms with Crippen molar-refractivity contribution in [1.82, 2.24) is 5.32 Å². The van der Waals surface area contributed by atoms with Crippen LogP contribution in [0.4, 0.5) is 0 Å². The summed E-state index contributed by atoms with van der Waals surface area (Å²) >= 11 is 1.94. The largest absolute Gasteiger partial charge is 0.375 e. The number of hydrogen-bond acceptors (Lipinski definition) is 3. The van der Waals surface area contributed by atoms with Gasteiger partial charge in [-0.2, -0.15) is 11.8 Å². The Labute approximate surface area is 104 Å². The second-order valence-corrected chi connectivity index (χ2v) is 6.21. The second-order valence-electron chi connectivity index (χ2n) is 5.23. The first-order valence-corrected chi connectivity index (χ1v) is 8.10. The standard InChI is InChI=1S/C13H25NOS/c1-16-10-4-8-14-12-5-9-15-13(11-12)6-2-3-7-13/h12,14H,2-11H2,1H3. The number of thioether (sulfide) groups is 1. The molecule has 16 heavy (non-hydrogen) atoms. The fraction of sp³-hybridized carbons (Fsp3) is 1.00. The Morgan fingerprint density at radius 1 is 1.38 bits per heavy atom. The van der Waals surface area contributed by atoms with E-state index in [4.69, 9.17) is 4.74 Å². The molecule has 2 aliphatic rings. The van der Waals surface area contributed by atoms with Crippen molar-refractivity contribution in [3.05, 3.63) is 0 Å². The van der Waals surface area contributed by atoms with Crippen molar-refractivity contribution in [2.45, 2.75) is 56.6 Å². The highest BCUT2D eigenvalue weighted by Gasteiger charge is 2.39. The molecule has 94 valence electrons. The average molecular weight is 243 g/mol. The van der Waals surface area contributed by atoms with E-state index >= 15 is 0 Å². The molecule has 3 heteroatoms. The van der Waals surface area contributed by atoms with Crippen LogP contribution in [-0.4, -0.2) is 36.8 Å². The van der Waals surface area contributed by atoms with E-state index in [1.54, 1.807) is 0 Å². The summed E-state index contributed by atoms with van der Waals surface area (Å²) in [5.41, 5.74) is 0.273. The highest BCUT2D eigenvalue weighted by molar-refractivity contribution is 7.98. The molecule has 0 aromatic rings. The molecule has 1 atom stereocenters. The molecule has 1 unspecified atom stereocenters. The Morgan fingerprint density at radius 3 is 2.94 bits per heavy atom. The third-order valence-electron chi connectivity index (χ3n) is 3.97. The van der Waals surface area contributed by atoms with Crippen LogP contribution in [0.5, 0.6) is 0 Å². The topological polar surface area (TPSA) is 21.3 Å². The van der Waals surface area contributed by atoms with Crippen molar-refractivity contribution < 1.29 is 4.74 Å². The maximum absolute atomic E-state index is 6.04. The van der Waals surface area contributed by atoms with Crippen molar-refractivity contribution in [2.24, 2.45) is 0 Å². The monoisotopic (exact) mass is 243 g/mol. The van der Waals surface area contributed by atoms with E-state index in [9.17, 15) is 0 Å². The predicted molar refractivity (Wildman–Crippen MR) is 71.2 cm³/mol. The molecule has 0 bridgehead atoms. The van der Waals surface area contributed by atoms with Crippen LogP contribution >= 0.6 is 11.8 Å². The zero-order chi connectivity index (χ0) is 11.3. The maximum atomic E-state index is 6.04. The summed E-state index contributed by atoms with van der Waals surface area (Å²) in [7, 11) is 0. The zero-order valence-corrected chi connectivity index (χ0v) is 11.3. The molecule has 1 N–H and O–H groups in total. The van der Waals surface area contributed by atoms with Gasteiger partial charge < -0.3 is 10.1 Å². The van der Waals surface area contributed by atoms with Gasteiger partial charge in [0.05, 0.1) is 5.60 Å². The van der Waals surface area contributed by atoms with Gasteiger partial charge in [0.15, 0.2) is 0 Å². The molecular weight excluding hydrogens is 218 g/mol. The minimum atomic E-state index is 0.273. The first-order valence-electron chi connectivity index (χ1n) is 6.71. The lowest BCUT2D eigenvalue weighted by molar-refractivity contribution is -0.0834. The van der Waals surface area contributed by atoms with E-state index in [-0.39, 0.29) is 5.60 Å². The maximum Gasteiger partial charge on any atom is 0.0697 e. The Morgan fingerprint density at radius 2 is 2.19 bits per heavy atom. The highest BCUT2D eigenvalue weighted by Crippen LogP contribution is 2.39. The molecule has 2 rings (SSSR count). The number of nitrogens with one attached hydrogen (secondary N) is 1. The van der Waals surface area contributed by atoms with Gasteiger partial charge in [-0.1, -0.05) is 12.8 Å². The van der Waals surface area contributed by atoms with Crippen LogP contribution in [0.25, 0.3) is 0 Å². The molecule has 1 aliphatic heterocycles. The smallest absolute Gasteiger partial charge is 0.0697 e. The van der Waals surface area contributed by atoms with E-state index in [0.717, 1.165) is 6.61 Å². The summed E-state index contributed by atoms with van der Waals surface area (Å²) in [5, 5.41) is 3.71. The molecule has 2 fully saturated rings. The predicted octanol–water partition coefficient (Wildman–Crippen LogP) is 2.82. The summed E-state index contributed by atoms with van der Waals surface area (Å²) in [6.45, 7) is 2.15. The molecule has 1 saturated heterocycles. The average Bonchev–Trinajstić information content (AvgIpc) is 2.73. The van der Waals surface area contributed by atoms with Crippen LogP contribution in [0.15, 0.2) is 0 Å². The van der Waals surface area contributed by atoms with Crippen LogP contribution in [0.3, 0.4) is 0 Å². The fourth-order valence-electron chi connectivity index (χ4n) is 3.09. The summed E-state index contributed by atoms with van der Waals surface area (Å²) < 4.78 is 6.04. The summed E-state index contributed by atoms with van der Waals surface area (Å²) in [4.78, 5) is 0. The van der Waals surface area contributed by atoms with Gasteiger partial charge in [0, 0.05) is 12.6 Å². The van der Waals surface area contributed by atoms with Crippen LogP contribution in [0.2, 0.25) is 0 Å². The molecule has 1 spiro atoms. The molecule has 0 radical (unpaired) electrons. The number of hydrogen-bond donors (Lipinski definition) is 1. The SMILES string of the molecule is CSCCCNC1CCOC2(CCCC2)C1. The number of ether oxygens (including phenoxy) is 1. The van der Waals surface area contributed by atoms with E-state index in [1.807, 2.05) is 11.8 Å². The van der Waals surface area contributed by atoms with Crippen LogP contribution in [0, 0.1) is 0 Å². The van der Waals surface area contributed by atoms with E-state index in [2.05, 4.69) is 11.6 Å². The van der Waals surface area contributed by atoms with Crippen molar-refractivity contribution in [3.63, 3.8) is 0 Å². The van der Waals surface area contributed by atoms with Gasteiger partial charge in [-0.3, -0.25) is 0 Å². The third-order valence-corrected chi connectivity index (χ3v) is 4.66. The van der Waals surface area contributed by atoms with Gasteiger partial charge in [-0.25, -0.2) is 0 Å². The molecule has 1 aliphatic carbocycles. The van der Waals surface area contributed by atoms with Crippen molar-refractivity contribution >= 4 is 11.8 Å². The summed E-state index contributed by atoms with van der Waals surface area (Å²) in [5.74, 6) is 1.28. The fourth-order valence-corrected chi connectivity index (χ4v) is 3.53. The van der Waals surface area contributed by atoms with Gasteiger partial charge >= 0.3 is 0 Å². The van der Waals surface area contributed by atoms with Gasteiger partial charge in [0.2, 0.25) is 0 Å². The minimum absolute atomic E-state index is 0.273. The Hall–Kier alpha value is 0.270. The second kappa shape index (κ2) is 6.27. The highest BCUT2D eigenvalue weighted by atomic mass is 32.2. The van der Waals surface area contributed by atoms with Crippen LogP contribution < -0.4 is 5.32 Å². The van der Waals surface area contributed by atoms with Crippen LogP contribution in [-0.2, 0) is 4.74 Å². The van der Waals surface area contributed by atoms with Crippen LogP contribution in [0.1, 0.15) is 44.9 Å². The van der Waals surface area contributed by atoms with Crippen molar-refractivity contribution in [3.8, 4) is 0 Å². The molecule has 1 saturated carbocycles. The summed E-state index contributed by atoms with van der Waals surface area (Å²) in [6.07, 6.45) is 11.3. The normalized spacial score (nSPS) is 28.7. The van der Waals surface area contributed by atoms with Crippen molar-refractivity contribution in [1.29, 1.82) is 0 Å². The molecule has 0 amide bonds. The number of rotatable bonds is 5. The Kier molecular flexibility index (Phi) is 4.98. The first kappa shape index (κ1) is 12.7. The third kappa shape index (κ3) is 3.38. The lowest BCUT2D eigenvalue weighted by atomic mass is 9.89. The lowest BCUT2D eigenvalue weighted by Gasteiger charge is -2.38. The molecular formula is C13H25NOS. The summed E-state index contributed by atoms with van der Waals surface area (Å²) in [6, 6.07) is 0.716. The van der Waals surface area contributed by atoms with Gasteiger partial charge in [0.25, 0.3) is 0 Å². The van der Waals surface area contributed by atoms with Gasteiger partial charge in [-0.05, 0) is 50.7 Å². The quantitative estimate of drug-likeness (QED) is 0.750. The minimum Gasteiger partial charge on any atom is -0.375 e. The van der Waals surface area contributed by atoms with Gasteiger partial charge in [0.1, 0.15) is 0 Å². The van der Waals surface area contributed by atoms with Crippen molar-refractivity contribution in [2.75, 3.05) is 25.2 Å². The molecule has 2 nitrogen and oxygen atoms in total. The van der Waals surface area contributed by atoms with Gasteiger partial charge in [-0.15, -0.1) is 0 Å². The van der Waals surface area contributed by atoms with E-state index < -0.39 is 0 Å². The molecule has 1 heterocycles. The lowest BCUT2D eigenvalue weighted by Crippen LogP contribution is -2.45. The Bertz CT molecular complexity index is 204.